The molecule has 0 unspecified atom stereocenters. The van der Waals surface area contributed by atoms with Crippen molar-refractivity contribution in [2.45, 2.75) is 13.2 Å². The molecule has 0 radical (unpaired) electrons. The second-order valence-electron chi connectivity index (χ2n) is 4.49. The number of benzene rings is 2. The van der Waals surface area contributed by atoms with Gasteiger partial charge in [-0.25, -0.2) is 4.68 Å². The Labute approximate surface area is 117 Å². The minimum atomic E-state index is 0.408. The maximum atomic E-state index is 5.86. The van der Waals surface area contributed by atoms with Crippen LogP contribution in [-0.4, -0.2) is 15.0 Å². The number of allylic oxidation sites excluding steroid dienone is 1. The standard InChI is InChI=1S/C16H15N3O/c1-2-10-19-11-14(17-18-19)12-20-16-9-5-7-13-6-3-4-8-15(13)16/h2-9,11H,1,10,12H2. The second-order valence-corrected chi connectivity index (χ2v) is 4.49. The van der Waals surface area contributed by atoms with Crippen LogP contribution in [0.1, 0.15) is 5.69 Å². The third-order valence-corrected chi connectivity index (χ3v) is 3.03. The Kier molecular flexibility index (Phi) is 3.46. The Hall–Kier alpha value is -2.62. The van der Waals surface area contributed by atoms with E-state index in [0.29, 0.717) is 13.2 Å². The van der Waals surface area contributed by atoms with E-state index in [1.54, 1.807) is 10.8 Å². The predicted octanol–water partition coefficient (Wildman–Crippen LogP) is 3.20. The summed E-state index contributed by atoms with van der Waals surface area (Å²) in [5, 5.41) is 10.3. The molecule has 4 nitrogen and oxygen atoms in total. The molecule has 0 atom stereocenters. The molecule has 3 aromatic rings. The highest BCUT2D eigenvalue weighted by Crippen LogP contribution is 2.25. The molecule has 0 spiro atoms. The molecule has 0 saturated carbocycles. The Morgan fingerprint density at radius 3 is 2.90 bits per heavy atom. The summed E-state index contributed by atoms with van der Waals surface area (Å²) in [5.41, 5.74) is 0.805. The van der Waals surface area contributed by atoms with Gasteiger partial charge in [0.1, 0.15) is 18.1 Å². The molecule has 0 saturated heterocycles. The van der Waals surface area contributed by atoms with Gasteiger partial charge in [-0.3, -0.25) is 0 Å². The van der Waals surface area contributed by atoms with Crippen molar-refractivity contribution in [3.8, 4) is 5.75 Å². The van der Waals surface area contributed by atoms with Crippen molar-refractivity contribution in [2.75, 3.05) is 0 Å². The molecule has 1 heterocycles. The van der Waals surface area contributed by atoms with Crippen LogP contribution in [0.15, 0.2) is 61.3 Å². The lowest BCUT2D eigenvalue weighted by Crippen LogP contribution is -1.96. The molecule has 0 fully saturated rings. The third kappa shape index (κ3) is 2.54. The van der Waals surface area contributed by atoms with Gasteiger partial charge in [-0.05, 0) is 11.5 Å². The minimum Gasteiger partial charge on any atom is -0.487 e. The molecule has 4 heteroatoms. The highest BCUT2D eigenvalue weighted by atomic mass is 16.5. The summed E-state index contributed by atoms with van der Waals surface area (Å²) in [4.78, 5) is 0. The molecule has 0 bridgehead atoms. The molecule has 2 aromatic carbocycles. The smallest absolute Gasteiger partial charge is 0.134 e. The van der Waals surface area contributed by atoms with Gasteiger partial charge in [0, 0.05) is 5.39 Å². The predicted molar refractivity (Wildman–Crippen MR) is 78.5 cm³/mol. The van der Waals surface area contributed by atoms with E-state index in [4.69, 9.17) is 4.74 Å². The number of nitrogens with zero attached hydrogens (tertiary/aromatic N) is 3. The summed E-state index contributed by atoms with van der Waals surface area (Å²) in [6, 6.07) is 14.2. The van der Waals surface area contributed by atoms with Gasteiger partial charge in [-0.2, -0.15) is 0 Å². The monoisotopic (exact) mass is 265 g/mol. The first-order valence-electron chi connectivity index (χ1n) is 6.47. The summed E-state index contributed by atoms with van der Waals surface area (Å²) in [6.07, 6.45) is 3.65. The third-order valence-electron chi connectivity index (χ3n) is 3.03. The van der Waals surface area contributed by atoms with Crippen LogP contribution in [0.2, 0.25) is 0 Å². The van der Waals surface area contributed by atoms with E-state index < -0.39 is 0 Å². The Bertz CT molecular complexity index is 728. The fraction of sp³-hybridized carbons (Fsp3) is 0.125. The van der Waals surface area contributed by atoms with Crippen LogP contribution in [0, 0.1) is 0 Å². The van der Waals surface area contributed by atoms with Crippen molar-refractivity contribution in [2.24, 2.45) is 0 Å². The van der Waals surface area contributed by atoms with Crippen molar-refractivity contribution >= 4 is 10.8 Å². The van der Waals surface area contributed by atoms with Crippen LogP contribution in [-0.2, 0) is 13.2 Å². The van der Waals surface area contributed by atoms with E-state index in [2.05, 4.69) is 35.1 Å². The first kappa shape index (κ1) is 12.4. The summed E-state index contributed by atoms with van der Waals surface area (Å²) >= 11 is 0. The first-order chi connectivity index (χ1) is 9.86. The van der Waals surface area contributed by atoms with E-state index in [-0.39, 0.29) is 0 Å². The fourth-order valence-electron chi connectivity index (χ4n) is 2.10. The van der Waals surface area contributed by atoms with Gasteiger partial charge in [0.05, 0.1) is 12.7 Å². The van der Waals surface area contributed by atoms with Gasteiger partial charge in [-0.1, -0.05) is 47.7 Å². The zero-order valence-electron chi connectivity index (χ0n) is 11.1. The number of aromatic nitrogens is 3. The summed E-state index contributed by atoms with van der Waals surface area (Å²) in [6.45, 7) is 4.74. The quantitative estimate of drug-likeness (QED) is 0.665. The Morgan fingerprint density at radius 2 is 2.00 bits per heavy atom. The lowest BCUT2D eigenvalue weighted by molar-refractivity contribution is 0.305. The summed E-state index contributed by atoms with van der Waals surface area (Å²) < 4.78 is 7.59. The van der Waals surface area contributed by atoms with E-state index in [1.807, 2.05) is 30.5 Å². The SMILES string of the molecule is C=CCn1cc(COc2cccc3ccccc23)nn1. The molecule has 3 rings (SSSR count). The largest absolute Gasteiger partial charge is 0.487 e. The number of hydrogen-bond acceptors (Lipinski definition) is 3. The maximum Gasteiger partial charge on any atom is 0.134 e. The molecule has 0 aliphatic rings. The van der Waals surface area contributed by atoms with Gasteiger partial charge in [0.2, 0.25) is 0 Å². The average Bonchev–Trinajstić information content (AvgIpc) is 2.93. The van der Waals surface area contributed by atoms with Crippen molar-refractivity contribution in [3.05, 3.63) is 67.0 Å². The van der Waals surface area contributed by atoms with Crippen LogP contribution in [0.25, 0.3) is 10.8 Å². The topological polar surface area (TPSA) is 39.9 Å². The van der Waals surface area contributed by atoms with E-state index in [0.717, 1.165) is 16.8 Å². The molecule has 0 amide bonds. The molecule has 20 heavy (non-hydrogen) atoms. The van der Waals surface area contributed by atoms with Crippen molar-refractivity contribution < 1.29 is 4.74 Å². The zero-order chi connectivity index (χ0) is 13.8. The number of hydrogen-bond donors (Lipinski definition) is 0. The molecular formula is C16H15N3O. The second kappa shape index (κ2) is 5.57. The van der Waals surface area contributed by atoms with Gasteiger partial charge in [0.15, 0.2) is 0 Å². The molecule has 100 valence electrons. The minimum absolute atomic E-state index is 0.408. The number of rotatable bonds is 5. The lowest BCUT2D eigenvalue weighted by Gasteiger charge is -2.07. The van der Waals surface area contributed by atoms with Crippen molar-refractivity contribution in [1.82, 2.24) is 15.0 Å². The Morgan fingerprint density at radius 1 is 1.15 bits per heavy atom. The van der Waals surface area contributed by atoms with Crippen LogP contribution >= 0.6 is 0 Å². The van der Waals surface area contributed by atoms with Gasteiger partial charge < -0.3 is 4.74 Å². The average molecular weight is 265 g/mol. The Balaban J connectivity index is 1.77. The van der Waals surface area contributed by atoms with Crippen LogP contribution in [0.3, 0.4) is 0 Å². The maximum absolute atomic E-state index is 5.86. The molecule has 0 aliphatic carbocycles. The van der Waals surface area contributed by atoms with E-state index in [1.165, 1.54) is 5.39 Å². The van der Waals surface area contributed by atoms with E-state index in [9.17, 15) is 0 Å². The highest BCUT2D eigenvalue weighted by molar-refractivity contribution is 5.88. The summed E-state index contributed by atoms with van der Waals surface area (Å²) in [7, 11) is 0. The van der Waals surface area contributed by atoms with Crippen LogP contribution in [0.4, 0.5) is 0 Å². The molecule has 1 aromatic heterocycles. The number of fused-ring (bicyclic) bond motifs is 1. The highest BCUT2D eigenvalue weighted by Gasteiger charge is 2.04. The first-order valence-corrected chi connectivity index (χ1v) is 6.47. The van der Waals surface area contributed by atoms with Crippen LogP contribution < -0.4 is 4.74 Å². The van der Waals surface area contributed by atoms with Gasteiger partial charge in [0.25, 0.3) is 0 Å². The molecule has 0 N–H and O–H groups in total. The fourth-order valence-corrected chi connectivity index (χ4v) is 2.10. The van der Waals surface area contributed by atoms with Gasteiger partial charge >= 0.3 is 0 Å². The molecular weight excluding hydrogens is 250 g/mol. The zero-order valence-corrected chi connectivity index (χ0v) is 11.1. The molecule has 0 aliphatic heterocycles. The van der Waals surface area contributed by atoms with Gasteiger partial charge in [-0.15, -0.1) is 11.7 Å². The van der Waals surface area contributed by atoms with Crippen molar-refractivity contribution in [3.63, 3.8) is 0 Å². The van der Waals surface area contributed by atoms with Crippen molar-refractivity contribution in [1.29, 1.82) is 0 Å². The van der Waals surface area contributed by atoms with E-state index >= 15 is 0 Å². The summed E-state index contributed by atoms with van der Waals surface area (Å²) in [5.74, 6) is 0.862. The van der Waals surface area contributed by atoms with Crippen LogP contribution in [0.5, 0.6) is 5.75 Å². The normalized spacial score (nSPS) is 10.6. The lowest BCUT2D eigenvalue weighted by atomic mass is 10.1. The number of ether oxygens (including phenoxy) is 1.